The first-order valence-electron chi connectivity index (χ1n) is 8.54. The number of nitrogens with one attached hydrogen (secondary N) is 1. The molecule has 0 amide bonds. The number of hydrogen-bond acceptors (Lipinski definition) is 3. The first-order chi connectivity index (χ1) is 11.3. The van der Waals surface area contributed by atoms with Crippen LogP contribution in [0.2, 0.25) is 0 Å². The van der Waals surface area contributed by atoms with Crippen LogP contribution in [0.5, 0.6) is 5.75 Å². The Bertz CT molecular complexity index is 677. The Balaban J connectivity index is 1.39. The Labute approximate surface area is 138 Å². The fourth-order valence-electron chi connectivity index (χ4n) is 3.38. The van der Waals surface area contributed by atoms with E-state index < -0.39 is 0 Å². The molecule has 0 aromatic heterocycles. The Morgan fingerprint density at radius 3 is 2.65 bits per heavy atom. The van der Waals surface area contributed by atoms with Gasteiger partial charge in [-0.2, -0.15) is 0 Å². The number of methoxy groups -OCH3 is 1. The van der Waals surface area contributed by atoms with Crippen LogP contribution in [0.4, 0.5) is 5.69 Å². The van der Waals surface area contributed by atoms with Crippen molar-refractivity contribution in [3.63, 3.8) is 0 Å². The summed E-state index contributed by atoms with van der Waals surface area (Å²) in [5.41, 5.74) is 5.52. The minimum atomic E-state index is 0.844. The molecule has 4 rings (SSSR count). The van der Waals surface area contributed by atoms with E-state index in [9.17, 15) is 0 Å². The largest absolute Gasteiger partial charge is 0.497 e. The zero-order chi connectivity index (χ0) is 15.6. The highest BCUT2D eigenvalue weighted by atomic mass is 16.5. The maximum Gasteiger partial charge on any atom is 0.118 e. The maximum absolute atomic E-state index is 5.20. The molecule has 1 fully saturated rings. The molecule has 1 aliphatic carbocycles. The molecule has 0 unspecified atom stereocenters. The lowest BCUT2D eigenvalue weighted by Crippen LogP contribution is -2.32. The van der Waals surface area contributed by atoms with Crippen molar-refractivity contribution in [2.75, 3.05) is 19.0 Å². The Hall–Kier alpha value is -2.00. The van der Waals surface area contributed by atoms with Crippen molar-refractivity contribution >= 4 is 5.69 Å². The van der Waals surface area contributed by atoms with E-state index in [1.165, 1.54) is 48.2 Å². The van der Waals surface area contributed by atoms with Crippen molar-refractivity contribution in [3.05, 3.63) is 59.2 Å². The third kappa shape index (κ3) is 3.35. The highest BCUT2D eigenvalue weighted by Crippen LogP contribution is 2.32. The van der Waals surface area contributed by atoms with Crippen LogP contribution in [-0.4, -0.2) is 24.6 Å². The van der Waals surface area contributed by atoms with Crippen LogP contribution in [-0.2, 0) is 19.5 Å². The van der Waals surface area contributed by atoms with Gasteiger partial charge in [-0.05, 0) is 60.2 Å². The van der Waals surface area contributed by atoms with Gasteiger partial charge >= 0.3 is 0 Å². The lowest BCUT2D eigenvalue weighted by molar-refractivity contribution is 0.244. The van der Waals surface area contributed by atoms with Gasteiger partial charge in [0.25, 0.3) is 0 Å². The monoisotopic (exact) mass is 308 g/mol. The molecule has 1 N–H and O–H groups in total. The number of hydrogen-bond donors (Lipinski definition) is 1. The SMILES string of the molecule is COc1ccc(CNc2ccc3c(c2)CCN(C2CC2)C3)cc1. The molecule has 0 spiro atoms. The van der Waals surface area contributed by atoms with E-state index in [0.29, 0.717) is 0 Å². The van der Waals surface area contributed by atoms with Crippen LogP contribution in [0.25, 0.3) is 0 Å². The van der Waals surface area contributed by atoms with Gasteiger partial charge in [-0.1, -0.05) is 18.2 Å². The summed E-state index contributed by atoms with van der Waals surface area (Å²) in [6, 6.07) is 16.0. The molecule has 1 saturated carbocycles. The lowest BCUT2D eigenvalue weighted by Gasteiger charge is -2.29. The summed E-state index contributed by atoms with van der Waals surface area (Å²) < 4.78 is 5.20. The van der Waals surface area contributed by atoms with Crippen LogP contribution < -0.4 is 10.1 Å². The number of fused-ring (bicyclic) bond motifs is 1. The molecule has 0 bridgehead atoms. The summed E-state index contributed by atoms with van der Waals surface area (Å²) in [4.78, 5) is 2.65. The quantitative estimate of drug-likeness (QED) is 0.908. The summed E-state index contributed by atoms with van der Waals surface area (Å²) in [6.45, 7) is 3.20. The molecular weight excluding hydrogens is 284 g/mol. The van der Waals surface area contributed by atoms with Crippen LogP contribution in [0.1, 0.15) is 29.5 Å². The molecular formula is C20H24N2O. The first-order valence-corrected chi connectivity index (χ1v) is 8.54. The summed E-state index contributed by atoms with van der Waals surface area (Å²) in [5.74, 6) is 0.905. The molecule has 23 heavy (non-hydrogen) atoms. The van der Waals surface area contributed by atoms with Crippen LogP contribution in [0.15, 0.2) is 42.5 Å². The summed E-state index contributed by atoms with van der Waals surface area (Å²) >= 11 is 0. The fraction of sp³-hybridized carbons (Fsp3) is 0.400. The first kappa shape index (κ1) is 14.6. The highest BCUT2D eigenvalue weighted by molar-refractivity contribution is 5.50. The average Bonchev–Trinajstić information content (AvgIpc) is 3.45. The molecule has 2 aromatic rings. The average molecular weight is 308 g/mol. The van der Waals surface area contributed by atoms with E-state index in [1.54, 1.807) is 7.11 Å². The fourth-order valence-corrected chi connectivity index (χ4v) is 3.38. The molecule has 3 nitrogen and oxygen atoms in total. The van der Waals surface area contributed by atoms with Crippen molar-refractivity contribution in [3.8, 4) is 5.75 Å². The van der Waals surface area contributed by atoms with Crippen molar-refractivity contribution in [1.82, 2.24) is 4.90 Å². The van der Waals surface area contributed by atoms with E-state index in [0.717, 1.165) is 24.9 Å². The Morgan fingerprint density at radius 1 is 1.09 bits per heavy atom. The second-order valence-corrected chi connectivity index (χ2v) is 6.64. The third-order valence-corrected chi connectivity index (χ3v) is 4.97. The van der Waals surface area contributed by atoms with E-state index in [1.807, 2.05) is 12.1 Å². The number of benzene rings is 2. The van der Waals surface area contributed by atoms with Crippen molar-refractivity contribution in [2.45, 2.75) is 38.4 Å². The van der Waals surface area contributed by atoms with Crippen LogP contribution in [0.3, 0.4) is 0 Å². The van der Waals surface area contributed by atoms with Crippen LogP contribution >= 0.6 is 0 Å². The smallest absolute Gasteiger partial charge is 0.118 e. The molecule has 0 radical (unpaired) electrons. The van der Waals surface area contributed by atoms with Gasteiger partial charge in [-0.3, -0.25) is 4.90 Å². The predicted octanol–water partition coefficient (Wildman–Crippen LogP) is 3.83. The number of anilines is 1. The summed E-state index contributed by atoms with van der Waals surface area (Å²) in [6.07, 6.45) is 3.98. The molecule has 2 aromatic carbocycles. The van der Waals surface area contributed by atoms with Gasteiger partial charge in [-0.25, -0.2) is 0 Å². The van der Waals surface area contributed by atoms with Crippen molar-refractivity contribution < 1.29 is 4.74 Å². The summed E-state index contributed by atoms with van der Waals surface area (Å²) in [5, 5.41) is 3.54. The van der Waals surface area contributed by atoms with Gasteiger partial charge in [0, 0.05) is 31.4 Å². The molecule has 120 valence electrons. The van der Waals surface area contributed by atoms with E-state index in [4.69, 9.17) is 4.74 Å². The Morgan fingerprint density at radius 2 is 1.91 bits per heavy atom. The number of rotatable bonds is 5. The standard InChI is InChI=1S/C20H24N2O/c1-23-20-8-2-15(3-9-20)13-21-18-5-4-17-14-22(19-6-7-19)11-10-16(17)12-18/h2-5,8-9,12,19,21H,6-7,10-11,13-14H2,1H3. The zero-order valence-electron chi connectivity index (χ0n) is 13.7. The van der Waals surface area contributed by atoms with Crippen molar-refractivity contribution in [2.24, 2.45) is 0 Å². The van der Waals surface area contributed by atoms with Gasteiger partial charge in [-0.15, -0.1) is 0 Å². The number of ether oxygens (including phenoxy) is 1. The maximum atomic E-state index is 5.20. The molecule has 1 aliphatic heterocycles. The molecule has 0 saturated heterocycles. The van der Waals surface area contributed by atoms with Crippen molar-refractivity contribution in [1.29, 1.82) is 0 Å². The van der Waals surface area contributed by atoms with E-state index in [-0.39, 0.29) is 0 Å². The van der Waals surface area contributed by atoms with Gasteiger partial charge in [0.15, 0.2) is 0 Å². The van der Waals surface area contributed by atoms with Gasteiger partial charge < -0.3 is 10.1 Å². The highest BCUT2D eigenvalue weighted by Gasteiger charge is 2.30. The normalized spacial score (nSPS) is 17.6. The lowest BCUT2D eigenvalue weighted by atomic mass is 9.99. The molecule has 3 heteroatoms. The molecule has 2 aliphatic rings. The van der Waals surface area contributed by atoms with Crippen LogP contribution in [0, 0.1) is 0 Å². The number of nitrogens with zero attached hydrogens (tertiary/aromatic N) is 1. The topological polar surface area (TPSA) is 24.5 Å². The summed E-state index contributed by atoms with van der Waals surface area (Å²) in [7, 11) is 1.70. The van der Waals surface area contributed by atoms with Gasteiger partial charge in [0.05, 0.1) is 7.11 Å². The van der Waals surface area contributed by atoms with Gasteiger partial charge in [0.2, 0.25) is 0 Å². The van der Waals surface area contributed by atoms with E-state index in [2.05, 4.69) is 40.5 Å². The predicted molar refractivity (Wildman–Crippen MR) is 93.9 cm³/mol. The second kappa shape index (κ2) is 6.25. The molecule has 1 heterocycles. The van der Waals surface area contributed by atoms with Gasteiger partial charge in [0.1, 0.15) is 5.75 Å². The Kier molecular flexibility index (Phi) is 3.96. The zero-order valence-corrected chi connectivity index (χ0v) is 13.7. The molecule has 0 atom stereocenters. The minimum Gasteiger partial charge on any atom is -0.497 e. The van der Waals surface area contributed by atoms with E-state index >= 15 is 0 Å². The minimum absolute atomic E-state index is 0.844. The third-order valence-electron chi connectivity index (χ3n) is 4.97. The second-order valence-electron chi connectivity index (χ2n) is 6.64.